The van der Waals surface area contributed by atoms with E-state index >= 15 is 0 Å². The van der Waals surface area contributed by atoms with Crippen LogP contribution in [0.15, 0.2) is 66.7 Å². The minimum absolute atomic E-state index is 0.0422. The first-order valence-electron chi connectivity index (χ1n) is 7.51. The molecule has 3 aromatic rings. The second kappa shape index (κ2) is 6.46. The molecule has 4 nitrogen and oxygen atoms in total. The average Bonchev–Trinajstić information content (AvgIpc) is 2.59. The predicted octanol–water partition coefficient (Wildman–Crippen LogP) is 4.95. The van der Waals surface area contributed by atoms with Crippen molar-refractivity contribution in [2.45, 2.75) is 6.92 Å². The smallest absolute Gasteiger partial charge is 0.273 e. The van der Waals surface area contributed by atoms with Crippen LogP contribution in [0.4, 0.5) is 5.69 Å². The Morgan fingerprint density at radius 2 is 1.79 bits per heavy atom. The first kappa shape index (κ1) is 15.6. The Balaban J connectivity index is 1.93. The molecule has 0 aliphatic rings. The van der Waals surface area contributed by atoms with Gasteiger partial charge in [-0.3, -0.25) is 14.9 Å². The van der Waals surface area contributed by atoms with Gasteiger partial charge >= 0.3 is 0 Å². The molecule has 0 bridgehead atoms. The van der Waals surface area contributed by atoms with Crippen molar-refractivity contribution in [2.75, 3.05) is 0 Å². The zero-order valence-corrected chi connectivity index (χ0v) is 13.1. The molecule has 3 rings (SSSR count). The van der Waals surface area contributed by atoms with Crippen molar-refractivity contribution >= 4 is 28.3 Å². The van der Waals surface area contributed by atoms with Crippen LogP contribution in [0.1, 0.15) is 21.5 Å². The standard InChI is InChI=1S/C20H15NO3/c1-14-9-10-17(13-19(14)21(23)24)20(22)12-11-16-7-4-6-15-5-2-3-8-18(15)16/h2-13H,1H3. The third kappa shape index (κ3) is 3.08. The fourth-order valence-corrected chi connectivity index (χ4v) is 2.62. The van der Waals surface area contributed by atoms with Crippen molar-refractivity contribution in [2.24, 2.45) is 0 Å². The van der Waals surface area contributed by atoms with Crippen LogP contribution < -0.4 is 0 Å². The Morgan fingerprint density at radius 1 is 1.04 bits per heavy atom. The highest BCUT2D eigenvalue weighted by Gasteiger charge is 2.13. The molecule has 0 amide bonds. The number of hydrogen-bond donors (Lipinski definition) is 0. The van der Waals surface area contributed by atoms with Crippen LogP contribution in [0.5, 0.6) is 0 Å². The number of carbonyl (C=O) groups excluding carboxylic acids is 1. The number of fused-ring (bicyclic) bond motifs is 1. The molecule has 4 heteroatoms. The minimum Gasteiger partial charge on any atom is -0.289 e. The van der Waals surface area contributed by atoms with E-state index in [1.165, 1.54) is 12.1 Å². The van der Waals surface area contributed by atoms with E-state index in [1.54, 1.807) is 25.1 Å². The van der Waals surface area contributed by atoms with Crippen molar-refractivity contribution in [3.63, 3.8) is 0 Å². The van der Waals surface area contributed by atoms with Gasteiger partial charge in [0, 0.05) is 17.2 Å². The maximum absolute atomic E-state index is 12.3. The third-order valence-corrected chi connectivity index (χ3v) is 3.93. The molecule has 0 heterocycles. The van der Waals surface area contributed by atoms with Crippen molar-refractivity contribution in [1.82, 2.24) is 0 Å². The van der Waals surface area contributed by atoms with Crippen molar-refractivity contribution < 1.29 is 9.72 Å². The Labute approximate surface area is 139 Å². The van der Waals surface area contributed by atoms with Crippen molar-refractivity contribution in [1.29, 1.82) is 0 Å². The van der Waals surface area contributed by atoms with Crippen molar-refractivity contribution in [3.05, 3.63) is 93.5 Å². The summed E-state index contributed by atoms with van der Waals surface area (Å²) in [4.78, 5) is 22.9. The minimum atomic E-state index is -0.472. The maximum Gasteiger partial charge on any atom is 0.273 e. The van der Waals surface area contributed by atoms with Gasteiger partial charge in [-0.05, 0) is 29.3 Å². The third-order valence-electron chi connectivity index (χ3n) is 3.93. The monoisotopic (exact) mass is 317 g/mol. The molecule has 3 aromatic carbocycles. The summed E-state index contributed by atoms with van der Waals surface area (Å²) in [5, 5.41) is 13.1. The first-order valence-corrected chi connectivity index (χ1v) is 7.51. The normalized spacial score (nSPS) is 11.0. The highest BCUT2D eigenvalue weighted by Crippen LogP contribution is 2.22. The van der Waals surface area contributed by atoms with Gasteiger partial charge in [0.15, 0.2) is 5.78 Å². The van der Waals surface area contributed by atoms with E-state index in [1.807, 2.05) is 42.5 Å². The molecule has 0 fully saturated rings. The largest absolute Gasteiger partial charge is 0.289 e. The number of allylic oxidation sites excluding steroid dienone is 1. The fraction of sp³-hybridized carbons (Fsp3) is 0.0500. The predicted molar refractivity (Wildman–Crippen MR) is 95.1 cm³/mol. The molecule has 0 saturated heterocycles. The molecule has 0 aliphatic carbocycles. The summed E-state index contributed by atoms with van der Waals surface area (Å²) in [7, 11) is 0. The van der Waals surface area contributed by atoms with Crippen LogP contribution in [-0.2, 0) is 0 Å². The van der Waals surface area contributed by atoms with Crippen LogP contribution in [0.25, 0.3) is 16.8 Å². The topological polar surface area (TPSA) is 60.2 Å². The summed E-state index contributed by atoms with van der Waals surface area (Å²) in [6.07, 6.45) is 3.20. The Morgan fingerprint density at radius 3 is 2.58 bits per heavy atom. The quantitative estimate of drug-likeness (QED) is 0.296. The van der Waals surface area contributed by atoms with Crippen LogP contribution in [0.2, 0.25) is 0 Å². The number of ketones is 1. The van der Waals surface area contributed by atoms with Gasteiger partial charge in [0.05, 0.1) is 4.92 Å². The summed E-state index contributed by atoms with van der Waals surface area (Å²) in [5.41, 5.74) is 1.74. The SMILES string of the molecule is Cc1ccc(C(=O)C=Cc2cccc3ccccc23)cc1[N+](=O)[O-]. The van der Waals surface area contributed by atoms with E-state index in [0.717, 1.165) is 16.3 Å². The summed E-state index contributed by atoms with van der Waals surface area (Å²) in [6.45, 7) is 1.65. The molecule has 0 saturated carbocycles. The molecular weight excluding hydrogens is 302 g/mol. The maximum atomic E-state index is 12.3. The Bertz CT molecular complexity index is 968. The van der Waals surface area contributed by atoms with E-state index in [2.05, 4.69) is 0 Å². The molecule has 0 atom stereocenters. The molecule has 0 aromatic heterocycles. The average molecular weight is 317 g/mol. The van der Waals surface area contributed by atoms with E-state index in [-0.39, 0.29) is 11.5 Å². The van der Waals surface area contributed by atoms with Crippen molar-refractivity contribution in [3.8, 4) is 0 Å². The lowest BCUT2D eigenvalue weighted by Crippen LogP contribution is -1.98. The fourth-order valence-electron chi connectivity index (χ4n) is 2.62. The molecule has 0 unspecified atom stereocenters. The number of nitrogens with zero attached hydrogens (tertiary/aromatic N) is 1. The number of aryl methyl sites for hydroxylation is 1. The molecule has 24 heavy (non-hydrogen) atoms. The van der Waals surface area contributed by atoms with E-state index in [4.69, 9.17) is 0 Å². The van der Waals surface area contributed by atoms with Gasteiger partial charge in [0.1, 0.15) is 0 Å². The van der Waals surface area contributed by atoms with Gasteiger partial charge in [-0.2, -0.15) is 0 Å². The Hall–Kier alpha value is -3.27. The Kier molecular flexibility index (Phi) is 4.20. The zero-order valence-electron chi connectivity index (χ0n) is 13.1. The summed E-state index contributed by atoms with van der Waals surface area (Å²) >= 11 is 0. The number of hydrogen-bond acceptors (Lipinski definition) is 3. The molecule has 0 aliphatic heterocycles. The second-order valence-corrected chi connectivity index (χ2v) is 5.52. The van der Waals surface area contributed by atoms with Gasteiger partial charge in [-0.25, -0.2) is 0 Å². The van der Waals surface area contributed by atoms with Crippen LogP contribution >= 0.6 is 0 Å². The molecule has 0 N–H and O–H groups in total. The number of carbonyl (C=O) groups is 1. The number of nitro groups is 1. The lowest BCUT2D eigenvalue weighted by atomic mass is 10.0. The van der Waals surface area contributed by atoms with Gasteiger partial charge in [0.25, 0.3) is 5.69 Å². The summed E-state index contributed by atoms with van der Waals surface area (Å²) in [6, 6.07) is 18.3. The summed E-state index contributed by atoms with van der Waals surface area (Å²) in [5.74, 6) is -0.258. The van der Waals surface area contributed by atoms with E-state index < -0.39 is 4.92 Å². The van der Waals surface area contributed by atoms with E-state index in [0.29, 0.717) is 11.1 Å². The first-order chi connectivity index (χ1) is 11.6. The number of nitro benzene ring substituents is 1. The number of benzene rings is 3. The van der Waals surface area contributed by atoms with E-state index in [9.17, 15) is 14.9 Å². The summed E-state index contributed by atoms with van der Waals surface area (Å²) < 4.78 is 0. The van der Waals surface area contributed by atoms with Crippen LogP contribution in [0.3, 0.4) is 0 Å². The van der Waals surface area contributed by atoms with Crippen LogP contribution in [0, 0.1) is 17.0 Å². The highest BCUT2D eigenvalue weighted by molar-refractivity contribution is 6.08. The molecular formula is C20H15NO3. The highest BCUT2D eigenvalue weighted by atomic mass is 16.6. The second-order valence-electron chi connectivity index (χ2n) is 5.52. The van der Waals surface area contributed by atoms with Gasteiger partial charge in [-0.15, -0.1) is 0 Å². The lowest BCUT2D eigenvalue weighted by Gasteiger charge is -2.02. The van der Waals surface area contributed by atoms with Crippen LogP contribution in [-0.4, -0.2) is 10.7 Å². The molecule has 0 spiro atoms. The molecule has 118 valence electrons. The van der Waals surface area contributed by atoms with Gasteiger partial charge in [0.2, 0.25) is 0 Å². The van der Waals surface area contributed by atoms with Gasteiger partial charge in [-0.1, -0.05) is 60.7 Å². The number of rotatable bonds is 4. The lowest BCUT2D eigenvalue weighted by molar-refractivity contribution is -0.385. The molecule has 0 radical (unpaired) electrons. The van der Waals surface area contributed by atoms with Gasteiger partial charge < -0.3 is 0 Å². The zero-order chi connectivity index (χ0) is 17.1.